The molecule has 0 aliphatic carbocycles. The van der Waals surface area contributed by atoms with Crippen LogP contribution in [0, 0.1) is 5.41 Å². The Morgan fingerprint density at radius 2 is 1.50 bits per heavy atom. The summed E-state index contributed by atoms with van der Waals surface area (Å²) < 4.78 is 5.16. The first-order valence-corrected chi connectivity index (χ1v) is 5.47. The van der Waals surface area contributed by atoms with Crippen molar-refractivity contribution in [3.63, 3.8) is 0 Å². The van der Waals surface area contributed by atoms with E-state index in [0.29, 0.717) is 0 Å². The Kier molecular flexibility index (Phi) is 4.53. The van der Waals surface area contributed by atoms with Crippen LogP contribution in [0.2, 0.25) is 0 Å². The highest BCUT2D eigenvalue weighted by atomic mass is 16.6. The van der Waals surface area contributed by atoms with Crippen LogP contribution in [-0.4, -0.2) is 23.5 Å². The second kappa shape index (κ2) is 4.85. The zero-order valence-electron chi connectivity index (χ0n) is 11.3. The van der Waals surface area contributed by atoms with Gasteiger partial charge in [-0.3, -0.25) is 4.79 Å². The van der Waals surface area contributed by atoms with Crippen LogP contribution in [0.5, 0.6) is 0 Å². The first kappa shape index (κ1) is 14.9. The number of hydrogen-bond donors (Lipinski definition) is 1. The zero-order valence-corrected chi connectivity index (χ0v) is 11.3. The Labute approximate surface area is 97.7 Å². The number of esters is 1. The fourth-order valence-corrected chi connectivity index (χ4v) is 0.862. The van der Waals surface area contributed by atoms with E-state index in [1.807, 2.05) is 0 Å². The quantitative estimate of drug-likeness (QED) is 0.735. The van der Waals surface area contributed by atoms with Crippen LogP contribution in [0.25, 0.3) is 0 Å². The first-order valence-electron chi connectivity index (χ1n) is 5.47. The Balaban J connectivity index is 4.33. The Morgan fingerprint density at radius 3 is 1.81 bits per heavy atom. The molecule has 0 aromatic rings. The van der Waals surface area contributed by atoms with Crippen LogP contribution in [0.1, 0.15) is 48.5 Å². The predicted octanol–water partition coefficient (Wildman–Crippen LogP) is 1.88. The third-order valence-corrected chi connectivity index (χ3v) is 1.79. The number of hydrogen-bond acceptors (Lipinski definition) is 3. The second-order valence-electron chi connectivity index (χ2n) is 5.98. The van der Waals surface area contributed by atoms with E-state index >= 15 is 0 Å². The van der Waals surface area contributed by atoms with Gasteiger partial charge in [0.05, 0.1) is 0 Å². The summed E-state index contributed by atoms with van der Waals surface area (Å²) in [4.78, 5) is 23.2. The molecule has 0 spiro atoms. The SMILES string of the molecule is C[C@@H](NC(=O)C(C)(C)C)C(=O)OC(C)(C)C. The maximum Gasteiger partial charge on any atom is 0.328 e. The fourth-order valence-electron chi connectivity index (χ4n) is 0.862. The van der Waals surface area contributed by atoms with E-state index in [0.717, 1.165) is 0 Å². The van der Waals surface area contributed by atoms with Gasteiger partial charge >= 0.3 is 5.97 Å². The molecular weight excluding hydrogens is 206 g/mol. The molecule has 0 bridgehead atoms. The summed E-state index contributed by atoms with van der Waals surface area (Å²) in [7, 11) is 0. The van der Waals surface area contributed by atoms with Gasteiger partial charge in [-0.15, -0.1) is 0 Å². The average Bonchev–Trinajstić information content (AvgIpc) is 1.98. The van der Waals surface area contributed by atoms with Crippen LogP contribution in [-0.2, 0) is 14.3 Å². The lowest BCUT2D eigenvalue weighted by atomic mass is 9.95. The van der Waals surface area contributed by atoms with Gasteiger partial charge in [0.1, 0.15) is 11.6 Å². The van der Waals surface area contributed by atoms with Crippen molar-refractivity contribution in [1.29, 1.82) is 0 Å². The van der Waals surface area contributed by atoms with Crippen LogP contribution >= 0.6 is 0 Å². The normalized spacial score (nSPS) is 14.2. The highest BCUT2D eigenvalue weighted by Gasteiger charge is 2.27. The maximum atomic E-state index is 11.6. The van der Waals surface area contributed by atoms with Crippen LogP contribution in [0.15, 0.2) is 0 Å². The highest BCUT2D eigenvalue weighted by molar-refractivity contribution is 5.87. The Morgan fingerprint density at radius 1 is 1.06 bits per heavy atom. The van der Waals surface area contributed by atoms with E-state index < -0.39 is 23.0 Å². The lowest BCUT2D eigenvalue weighted by Gasteiger charge is -2.25. The molecule has 0 saturated carbocycles. The second-order valence-corrected chi connectivity index (χ2v) is 5.98. The van der Waals surface area contributed by atoms with Gasteiger partial charge in [0.25, 0.3) is 0 Å². The molecule has 94 valence electrons. The molecule has 0 fully saturated rings. The number of ether oxygens (including phenoxy) is 1. The molecule has 0 heterocycles. The molecule has 4 heteroatoms. The molecule has 0 aromatic carbocycles. The minimum absolute atomic E-state index is 0.161. The van der Waals surface area contributed by atoms with Crippen molar-refractivity contribution < 1.29 is 14.3 Å². The number of amides is 1. The summed E-state index contributed by atoms with van der Waals surface area (Å²) in [6, 6.07) is -0.619. The summed E-state index contributed by atoms with van der Waals surface area (Å²) in [5, 5.41) is 2.63. The summed E-state index contributed by atoms with van der Waals surface area (Å²) in [6.07, 6.45) is 0. The standard InChI is InChI=1S/C12H23NO3/c1-8(9(14)16-12(5,6)7)13-10(15)11(2,3)4/h8H,1-7H3,(H,13,15)/t8-/m1/s1. The van der Waals surface area contributed by atoms with Crippen molar-refractivity contribution >= 4 is 11.9 Å². The molecule has 0 aliphatic heterocycles. The van der Waals surface area contributed by atoms with E-state index in [9.17, 15) is 9.59 Å². The van der Waals surface area contributed by atoms with E-state index in [1.54, 1.807) is 48.5 Å². The summed E-state index contributed by atoms with van der Waals surface area (Å²) in [6.45, 7) is 12.4. The minimum atomic E-state index is -0.619. The molecule has 1 amide bonds. The van der Waals surface area contributed by atoms with E-state index in [4.69, 9.17) is 4.74 Å². The van der Waals surface area contributed by atoms with Crippen molar-refractivity contribution in [3.05, 3.63) is 0 Å². The van der Waals surface area contributed by atoms with E-state index in [2.05, 4.69) is 5.32 Å². The maximum absolute atomic E-state index is 11.6. The van der Waals surface area contributed by atoms with Gasteiger partial charge in [-0.05, 0) is 27.7 Å². The third-order valence-electron chi connectivity index (χ3n) is 1.79. The zero-order chi connectivity index (χ0) is 13.1. The molecule has 1 atom stereocenters. The summed E-state index contributed by atoms with van der Waals surface area (Å²) in [5.74, 6) is -0.573. The van der Waals surface area contributed by atoms with Gasteiger partial charge in [-0.1, -0.05) is 20.8 Å². The molecule has 0 aliphatic rings. The van der Waals surface area contributed by atoms with E-state index in [1.165, 1.54) is 0 Å². The van der Waals surface area contributed by atoms with Crippen LogP contribution in [0.4, 0.5) is 0 Å². The van der Waals surface area contributed by atoms with Crippen molar-refractivity contribution in [2.24, 2.45) is 5.41 Å². The molecule has 0 saturated heterocycles. The molecule has 4 nitrogen and oxygen atoms in total. The van der Waals surface area contributed by atoms with E-state index in [-0.39, 0.29) is 5.91 Å². The molecular formula is C12H23NO3. The minimum Gasteiger partial charge on any atom is -0.458 e. The molecule has 0 radical (unpaired) electrons. The Bertz CT molecular complexity index is 271. The van der Waals surface area contributed by atoms with Crippen LogP contribution in [0.3, 0.4) is 0 Å². The lowest BCUT2D eigenvalue weighted by Crippen LogP contribution is -2.46. The summed E-state index contributed by atoms with van der Waals surface area (Å²) >= 11 is 0. The summed E-state index contributed by atoms with van der Waals surface area (Å²) in [5.41, 5.74) is -1.03. The topological polar surface area (TPSA) is 55.4 Å². The highest BCUT2D eigenvalue weighted by Crippen LogP contribution is 2.14. The third kappa shape index (κ3) is 5.73. The molecule has 16 heavy (non-hydrogen) atoms. The molecule has 0 aromatic heterocycles. The average molecular weight is 229 g/mol. The van der Waals surface area contributed by atoms with Crippen molar-refractivity contribution in [2.45, 2.75) is 60.1 Å². The molecule has 0 rings (SSSR count). The van der Waals surface area contributed by atoms with Crippen molar-refractivity contribution in [1.82, 2.24) is 5.32 Å². The first-order chi connectivity index (χ1) is 6.93. The fraction of sp³-hybridized carbons (Fsp3) is 0.833. The number of nitrogens with one attached hydrogen (secondary N) is 1. The van der Waals surface area contributed by atoms with Gasteiger partial charge in [0, 0.05) is 5.41 Å². The molecule has 0 unspecified atom stereocenters. The largest absolute Gasteiger partial charge is 0.458 e. The van der Waals surface area contributed by atoms with Crippen LogP contribution < -0.4 is 5.32 Å². The van der Waals surface area contributed by atoms with Gasteiger partial charge < -0.3 is 10.1 Å². The van der Waals surface area contributed by atoms with Gasteiger partial charge in [0.15, 0.2) is 0 Å². The number of rotatable bonds is 2. The number of carbonyl (C=O) groups excluding carboxylic acids is 2. The Hall–Kier alpha value is -1.06. The predicted molar refractivity (Wildman–Crippen MR) is 62.9 cm³/mol. The van der Waals surface area contributed by atoms with Gasteiger partial charge in [-0.2, -0.15) is 0 Å². The van der Waals surface area contributed by atoms with Crippen molar-refractivity contribution in [3.8, 4) is 0 Å². The van der Waals surface area contributed by atoms with Crippen molar-refractivity contribution in [2.75, 3.05) is 0 Å². The van der Waals surface area contributed by atoms with Gasteiger partial charge in [-0.25, -0.2) is 4.79 Å². The lowest BCUT2D eigenvalue weighted by molar-refractivity contribution is -0.158. The monoisotopic (exact) mass is 229 g/mol. The van der Waals surface area contributed by atoms with Gasteiger partial charge in [0.2, 0.25) is 5.91 Å². The molecule has 1 N–H and O–H groups in total. The smallest absolute Gasteiger partial charge is 0.328 e. The number of carbonyl (C=O) groups is 2.